The van der Waals surface area contributed by atoms with Crippen LogP contribution >= 0.6 is 0 Å². The van der Waals surface area contributed by atoms with Crippen LogP contribution in [0.15, 0.2) is 78.9 Å². The fourth-order valence-corrected chi connectivity index (χ4v) is 5.01. The lowest BCUT2D eigenvalue weighted by Gasteiger charge is -2.33. The van der Waals surface area contributed by atoms with Crippen LogP contribution in [0.3, 0.4) is 0 Å². The van der Waals surface area contributed by atoms with Gasteiger partial charge in [-0.25, -0.2) is 12.8 Å². The third-order valence-corrected chi connectivity index (χ3v) is 7.38. The van der Waals surface area contributed by atoms with Crippen LogP contribution in [0, 0.1) is 11.7 Å². The van der Waals surface area contributed by atoms with Crippen molar-refractivity contribution in [1.82, 2.24) is 10.2 Å². The highest BCUT2D eigenvalue weighted by atomic mass is 32.2. The summed E-state index contributed by atoms with van der Waals surface area (Å²) in [6.45, 7) is 3.81. The number of nitrogens with one attached hydrogen (secondary N) is 1. The van der Waals surface area contributed by atoms with E-state index >= 15 is 0 Å². The van der Waals surface area contributed by atoms with Crippen molar-refractivity contribution in [3.63, 3.8) is 0 Å². The molecular weight excluding hydrogens is 533 g/mol. The third kappa shape index (κ3) is 8.81. The minimum atomic E-state index is -3.93. The van der Waals surface area contributed by atoms with E-state index in [2.05, 4.69) is 5.32 Å². The molecule has 0 spiro atoms. The molecule has 214 valence electrons. The van der Waals surface area contributed by atoms with Crippen LogP contribution in [0.2, 0.25) is 0 Å². The van der Waals surface area contributed by atoms with Gasteiger partial charge in [-0.3, -0.25) is 13.9 Å². The lowest BCUT2D eigenvalue weighted by Crippen LogP contribution is -2.53. The summed E-state index contributed by atoms with van der Waals surface area (Å²) in [6.07, 6.45) is 1.20. The van der Waals surface area contributed by atoms with E-state index in [1.165, 1.54) is 24.1 Å². The molecule has 3 aromatic carbocycles. The zero-order valence-electron chi connectivity index (χ0n) is 23.2. The highest BCUT2D eigenvalue weighted by molar-refractivity contribution is 7.92. The Morgan fingerprint density at radius 2 is 1.60 bits per heavy atom. The summed E-state index contributed by atoms with van der Waals surface area (Å²) in [6, 6.07) is 20.4. The first-order valence-electron chi connectivity index (χ1n) is 12.9. The molecule has 8 nitrogen and oxygen atoms in total. The minimum Gasteiger partial charge on any atom is -0.497 e. The number of rotatable bonds is 13. The highest BCUT2D eigenvalue weighted by Crippen LogP contribution is 2.22. The number of methoxy groups -OCH3 is 1. The van der Waals surface area contributed by atoms with Crippen LogP contribution in [-0.2, 0) is 32.6 Å². The van der Waals surface area contributed by atoms with Gasteiger partial charge >= 0.3 is 0 Å². The first kappa shape index (κ1) is 30.6. The Labute approximate surface area is 235 Å². The van der Waals surface area contributed by atoms with Gasteiger partial charge in [0.15, 0.2) is 0 Å². The SMILES string of the molecule is COc1cccc(CN(C(=O)CN(c2ccc(F)cc2)S(C)(=O)=O)[C@H](Cc2ccccc2)C(=O)NCC(C)C)c1. The zero-order valence-corrected chi connectivity index (χ0v) is 24.0. The van der Waals surface area contributed by atoms with Gasteiger partial charge in [0.1, 0.15) is 24.2 Å². The van der Waals surface area contributed by atoms with Gasteiger partial charge in [0.2, 0.25) is 21.8 Å². The molecule has 0 unspecified atom stereocenters. The molecule has 40 heavy (non-hydrogen) atoms. The van der Waals surface area contributed by atoms with Crippen molar-refractivity contribution in [3.05, 3.63) is 95.8 Å². The Morgan fingerprint density at radius 3 is 2.20 bits per heavy atom. The molecule has 0 bridgehead atoms. The molecule has 0 aliphatic heterocycles. The Morgan fingerprint density at radius 1 is 0.950 bits per heavy atom. The number of ether oxygens (including phenoxy) is 1. The van der Waals surface area contributed by atoms with Crippen LogP contribution in [0.1, 0.15) is 25.0 Å². The highest BCUT2D eigenvalue weighted by Gasteiger charge is 2.33. The molecule has 0 aromatic heterocycles. The molecule has 10 heteroatoms. The van der Waals surface area contributed by atoms with Crippen molar-refractivity contribution in [3.8, 4) is 5.75 Å². The summed E-state index contributed by atoms with van der Waals surface area (Å²) in [7, 11) is -2.39. The van der Waals surface area contributed by atoms with Crippen LogP contribution in [0.25, 0.3) is 0 Å². The molecule has 0 aliphatic carbocycles. The van der Waals surface area contributed by atoms with Crippen LogP contribution in [-0.4, -0.2) is 57.6 Å². The Kier molecular flexibility index (Phi) is 10.7. The Bertz CT molecular complexity index is 1380. The summed E-state index contributed by atoms with van der Waals surface area (Å²) in [5.74, 6) is -0.700. The van der Waals surface area contributed by atoms with E-state index < -0.39 is 34.3 Å². The van der Waals surface area contributed by atoms with Crippen LogP contribution in [0.4, 0.5) is 10.1 Å². The summed E-state index contributed by atoms with van der Waals surface area (Å²) >= 11 is 0. The number of sulfonamides is 1. The maximum atomic E-state index is 14.0. The van der Waals surface area contributed by atoms with Crippen molar-refractivity contribution in [2.75, 3.05) is 30.8 Å². The average Bonchev–Trinajstić information content (AvgIpc) is 2.92. The van der Waals surface area contributed by atoms with Gasteiger partial charge in [0.25, 0.3) is 0 Å². The van der Waals surface area contributed by atoms with E-state index in [0.717, 1.165) is 28.3 Å². The van der Waals surface area contributed by atoms with Crippen LogP contribution in [0.5, 0.6) is 5.75 Å². The average molecular weight is 570 g/mol. The van der Waals surface area contributed by atoms with E-state index in [1.807, 2.05) is 50.2 Å². The number of amides is 2. The normalized spacial score (nSPS) is 12.1. The summed E-state index contributed by atoms with van der Waals surface area (Å²) in [4.78, 5) is 29.0. The monoisotopic (exact) mass is 569 g/mol. The number of halogens is 1. The van der Waals surface area contributed by atoms with Gasteiger partial charge in [-0.1, -0.05) is 56.3 Å². The van der Waals surface area contributed by atoms with E-state index in [4.69, 9.17) is 4.74 Å². The van der Waals surface area contributed by atoms with Crippen molar-refractivity contribution >= 4 is 27.5 Å². The second-order valence-corrected chi connectivity index (χ2v) is 11.9. The summed E-state index contributed by atoms with van der Waals surface area (Å²) in [5, 5.41) is 2.94. The lowest BCUT2D eigenvalue weighted by molar-refractivity contribution is -0.140. The standard InChI is InChI=1S/C30H36FN3O5S/c1-22(2)19-32-30(36)28(18-23-9-6-5-7-10-23)33(20-24-11-8-12-27(17-24)39-3)29(35)21-34(40(4,37)38)26-15-13-25(31)14-16-26/h5-17,22,28H,18-21H2,1-4H3,(H,32,36)/t28-/m1/s1. The Hall–Kier alpha value is -3.92. The molecule has 1 atom stereocenters. The number of carbonyl (C=O) groups is 2. The smallest absolute Gasteiger partial charge is 0.244 e. The second kappa shape index (κ2) is 13.9. The fourth-order valence-electron chi connectivity index (χ4n) is 4.17. The topological polar surface area (TPSA) is 96.0 Å². The van der Waals surface area contributed by atoms with Gasteiger partial charge in [-0.15, -0.1) is 0 Å². The summed E-state index contributed by atoms with van der Waals surface area (Å²) in [5.41, 5.74) is 1.69. The van der Waals surface area contributed by atoms with Gasteiger partial charge in [0, 0.05) is 19.5 Å². The molecule has 2 amide bonds. The third-order valence-electron chi connectivity index (χ3n) is 6.24. The van der Waals surface area contributed by atoms with E-state index in [1.54, 1.807) is 18.2 Å². The van der Waals surface area contributed by atoms with Gasteiger partial charge < -0.3 is 15.0 Å². The van der Waals surface area contributed by atoms with Crippen molar-refractivity contribution in [2.45, 2.75) is 32.9 Å². The molecule has 0 fully saturated rings. The molecule has 3 rings (SSSR count). The van der Waals surface area contributed by atoms with Gasteiger partial charge in [0.05, 0.1) is 19.1 Å². The molecular formula is C30H36FN3O5S. The molecule has 0 saturated carbocycles. The van der Waals surface area contributed by atoms with Gasteiger partial charge in [-0.2, -0.15) is 0 Å². The number of nitrogens with zero attached hydrogens (tertiary/aromatic N) is 2. The largest absolute Gasteiger partial charge is 0.497 e. The predicted molar refractivity (Wildman–Crippen MR) is 154 cm³/mol. The zero-order chi connectivity index (χ0) is 29.3. The quantitative estimate of drug-likeness (QED) is 0.336. The molecule has 0 radical (unpaired) electrons. The molecule has 0 saturated heterocycles. The first-order valence-corrected chi connectivity index (χ1v) is 14.8. The number of hydrogen-bond donors (Lipinski definition) is 1. The van der Waals surface area contributed by atoms with E-state index in [0.29, 0.717) is 17.9 Å². The second-order valence-electron chi connectivity index (χ2n) is 9.96. The molecule has 0 aliphatic rings. The lowest BCUT2D eigenvalue weighted by atomic mass is 10.0. The molecule has 0 heterocycles. The van der Waals surface area contributed by atoms with E-state index in [-0.39, 0.29) is 30.5 Å². The number of anilines is 1. The Balaban J connectivity index is 2.05. The maximum absolute atomic E-state index is 14.0. The first-order chi connectivity index (χ1) is 19.0. The van der Waals surface area contributed by atoms with Crippen LogP contribution < -0.4 is 14.4 Å². The minimum absolute atomic E-state index is 0.0314. The van der Waals surface area contributed by atoms with Crippen molar-refractivity contribution < 1.29 is 27.1 Å². The van der Waals surface area contributed by atoms with E-state index in [9.17, 15) is 22.4 Å². The predicted octanol–water partition coefficient (Wildman–Crippen LogP) is 4.01. The van der Waals surface area contributed by atoms with Gasteiger partial charge in [-0.05, 0) is 53.4 Å². The van der Waals surface area contributed by atoms with Crippen molar-refractivity contribution in [2.24, 2.45) is 5.92 Å². The number of carbonyl (C=O) groups excluding carboxylic acids is 2. The number of benzene rings is 3. The van der Waals surface area contributed by atoms with Crippen molar-refractivity contribution in [1.29, 1.82) is 0 Å². The fraction of sp³-hybridized carbons (Fsp3) is 0.333. The summed E-state index contributed by atoms with van der Waals surface area (Å²) < 4.78 is 45.3. The maximum Gasteiger partial charge on any atom is 0.244 e. The number of hydrogen-bond acceptors (Lipinski definition) is 5. The molecule has 3 aromatic rings. The molecule has 1 N–H and O–H groups in total.